The zero-order chi connectivity index (χ0) is 95.2. The summed E-state index contributed by atoms with van der Waals surface area (Å²) in [5.74, 6) is -6.93. The lowest BCUT2D eigenvalue weighted by molar-refractivity contribution is 0.0480. The molecule has 0 aliphatic heterocycles. The number of hydrogen-bond donors (Lipinski definition) is 0. The van der Waals surface area contributed by atoms with Gasteiger partial charge in [0.1, 0.15) is 6.29 Å². The van der Waals surface area contributed by atoms with Crippen molar-refractivity contribution in [2.24, 2.45) is 0 Å². The van der Waals surface area contributed by atoms with Crippen LogP contribution >= 0.6 is 0 Å². The maximum Gasteiger partial charge on any atom is 0.363 e. The van der Waals surface area contributed by atoms with Gasteiger partial charge in [-0.3, -0.25) is 4.79 Å². The minimum Gasteiger partial charge on any atom is -0.330 e. The van der Waals surface area contributed by atoms with Crippen LogP contribution in [0.3, 0.4) is 0 Å². The highest BCUT2D eigenvalue weighted by molar-refractivity contribution is 6.16. The lowest BCUT2D eigenvalue weighted by Gasteiger charge is -2.22. The van der Waals surface area contributed by atoms with Crippen LogP contribution in [0.2, 0.25) is 0 Å². The number of fused-ring (bicyclic) bond motifs is 29. The molecule has 0 atom stereocenters. The van der Waals surface area contributed by atoms with Gasteiger partial charge in [-0.05, 0) is 179 Å². The van der Waals surface area contributed by atoms with E-state index in [1.807, 2.05) is 340 Å². The molecule has 8 bridgehead atoms. The lowest BCUT2D eigenvalue weighted by atomic mass is 9.84. The Labute approximate surface area is 804 Å². The van der Waals surface area contributed by atoms with Crippen molar-refractivity contribution >= 4 is 201 Å². The van der Waals surface area contributed by atoms with Gasteiger partial charge in [-0.25, -0.2) is 33.6 Å². The van der Waals surface area contributed by atoms with Crippen LogP contribution in [0.5, 0.6) is 0 Å². The quantitative estimate of drug-likeness (QED) is 0.0868. The molecule has 22 nitrogen and oxygen atoms in total. The van der Waals surface area contributed by atoms with E-state index in [-0.39, 0.29) is 95.4 Å². The zero-order valence-electron chi connectivity index (χ0n) is 75.1. The van der Waals surface area contributed by atoms with Crippen LogP contribution in [-0.4, -0.2) is 81.2 Å². The molecule has 0 N–H and O–H groups in total. The smallest absolute Gasteiger partial charge is 0.330 e. The fraction of sp³-hybridized carbons (Fsp3) is 0.0333. The summed E-state index contributed by atoms with van der Waals surface area (Å²) in [6, 6.07) is 116. The van der Waals surface area contributed by atoms with Crippen molar-refractivity contribution in [3.8, 4) is 0 Å². The number of carbonyl (C=O) groups excluding carboxylic acids is 8. The van der Waals surface area contributed by atoms with Crippen molar-refractivity contribution in [1.29, 1.82) is 0 Å². The van der Waals surface area contributed by atoms with Crippen molar-refractivity contribution in [3.05, 3.63) is 477 Å². The fourth-order valence-corrected chi connectivity index (χ4v) is 21.1. The Morgan fingerprint density at radius 3 is 0.423 bits per heavy atom. The maximum atomic E-state index is 17.0. The summed E-state index contributed by atoms with van der Waals surface area (Å²) < 4.78 is 10.0. The Balaban J connectivity index is 0.760. The van der Waals surface area contributed by atoms with E-state index in [2.05, 4.69) is 0 Å². The van der Waals surface area contributed by atoms with Gasteiger partial charge < -0.3 is 33.9 Å². The van der Waals surface area contributed by atoms with Crippen LogP contribution in [-0.2, 0) is 25.7 Å². The normalized spacial score (nSPS) is 12.2. The molecule has 0 fully saturated rings. The van der Waals surface area contributed by atoms with E-state index in [1.54, 1.807) is 24.3 Å². The molecule has 22 heteroatoms. The zero-order valence-corrected chi connectivity index (χ0v) is 75.1. The van der Waals surface area contributed by atoms with Crippen molar-refractivity contribution in [1.82, 2.24) is 33.1 Å². The van der Waals surface area contributed by atoms with Crippen LogP contribution < -0.4 is 33.9 Å². The highest BCUT2D eigenvalue weighted by atomic mass is 16.7. The third kappa shape index (κ3) is 13.5. The van der Waals surface area contributed by atoms with Gasteiger partial charge in [0.15, 0.2) is 0 Å². The number of benzene rings is 18. The van der Waals surface area contributed by atoms with Crippen molar-refractivity contribution in [3.63, 3.8) is 0 Å². The standard InChI is InChI=1S/C120H73N7O15/c128-69-78-65-93(114(129)136-121-100-43-15-1-29-79(100)80-30-2-16-44-101(80)121)71-57-70(78)58-72-60-74(95(116(131)138-123-104-47-19-5-33-83(104)84-34-6-20-48-105(84)123)66-94(72)115(130)137-122-102-45-17-3-31-81(102)82-32-4-18-46-103(82)122)62-76-64-77(99(120(135)142-127-112-55-27-13-41-91(112)92-42-14-28-56-113(92)127)68-98(76)119(134)141-126-110-53-25-11-39-89(110)90-40-12-26-54-111(90)126)63-75-61-73(59-71)96(117(132)139-124-106-49-21-7-35-85(106)86-36-8-22-50-107(86)124)67-97(75)118(133)140-125-108-51-23-9-37-87(108)88-38-10-24-52-109(88)125/h1-57,60-61,64-69H,58-59,62-63H2. The maximum absolute atomic E-state index is 17.0. The third-order valence-electron chi connectivity index (χ3n) is 27.5. The number of aromatic nitrogens is 7. The molecule has 0 amide bonds. The van der Waals surface area contributed by atoms with Crippen LogP contribution in [0.25, 0.3) is 153 Å². The molecule has 142 heavy (non-hydrogen) atoms. The van der Waals surface area contributed by atoms with Crippen molar-refractivity contribution in [2.75, 3.05) is 0 Å². The molecule has 0 saturated carbocycles. The second-order valence-corrected chi connectivity index (χ2v) is 35.5. The molecular formula is C120H73N7O15. The molecule has 0 radical (unpaired) electrons. The van der Waals surface area contributed by atoms with Gasteiger partial charge in [-0.1, -0.05) is 279 Å². The van der Waals surface area contributed by atoms with E-state index in [0.29, 0.717) is 83.5 Å². The Hall–Kier alpha value is -19.5. The molecule has 25 aromatic rings. The molecule has 7 heterocycles. The van der Waals surface area contributed by atoms with E-state index in [0.717, 1.165) is 75.4 Å². The summed E-state index contributed by atoms with van der Waals surface area (Å²) in [5.41, 5.74) is 6.64. The largest absolute Gasteiger partial charge is 0.363 e. The average Bonchev–Trinajstić information content (AvgIpc) is 1.52. The molecule has 0 spiro atoms. The minimum atomic E-state index is -1.01. The van der Waals surface area contributed by atoms with Gasteiger partial charge in [0.2, 0.25) is 0 Å². The number of para-hydroxylation sites is 14. The first kappa shape index (κ1) is 83.1. The van der Waals surface area contributed by atoms with E-state index in [9.17, 15) is 4.79 Å². The van der Waals surface area contributed by atoms with Crippen LogP contribution in [0.1, 0.15) is 127 Å². The van der Waals surface area contributed by atoms with Crippen molar-refractivity contribution in [2.45, 2.75) is 25.7 Å². The predicted octanol–water partition coefficient (Wildman–Crippen LogP) is 22.8. The van der Waals surface area contributed by atoms with Gasteiger partial charge in [0, 0.05) is 81.0 Å². The minimum absolute atomic E-state index is 0.0601. The molecule has 26 rings (SSSR count). The summed E-state index contributed by atoms with van der Waals surface area (Å²) in [6.45, 7) is 0. The fourth-order valence-electron chi connectivity index (χ4n) is 21.1. The molecule has 7 aromatic heterocycles. The van der Waals surface area contributed by atoms with Crippen LogP contribution in [0, 0.1) is 0 Å². The number of rotatable bonds is 15. The van der Waals surface area contributed by atoms with Gasteiger partial charge in [0.05, 0.1) is 116 Å². The van der Waals surface area contributed by atoms with Crippen LogP contribution in [0.15, 0.2) is 388 Å². The Kier molecular flexibility index (Phi) is 19.4. The van der Waals surface area contributed by atoms with Gasteiger partial charge in [-0.2, -0.15) is 33.1 Å². The molecule has 0 saturated heterocycles. The number of hydrogen-bond acceptors (Lipinski definition) is 15. The predicted molar refractivity (Wildman–Crippen MR) is 545 cm³/mol. The average molecular weight is 1850 g/mol. The highest BCUT2D eigenvalue weighted by Gasteiger charge is 2.35. The van der Waals surface area contributed by atoms with E-state index < -0.39 is 61.0 Å². The Bertz CT molecular complexity index is 9340. The first-order valence-corrected chi connectivity index (χ1v) is 46.3. The summed E-state index contributed by atoms with van der Waals surface area (Å²) in [4.78, 5) is 180. The monoisotopic (exact) mass is 1850 g/mol. The molecule has 0 unspecified atom stereocenters. The number of carbonyl (C=O) groups is 8. The first-order valence-electron chi connectivity index (χ1n) is 46.3. The first-order chi connectivity index (χ1) is 69.8. The summed E-state index contributed by atoms with van der Waals surface area (Å²) >= 11 is 0. The third-order valence-corrected chi connectivity index (χ3v) is 27.5. The SMILES string of the molecule is O=Cc1cc(C(=O)On2c3ccccc3c3ccccc32)c2cc1Cc1cc(c(C(=O)On3c4ccccc4c4ccccc43)cc1C(=O)On1c3ccccc3c3ccccc31)Cc1cc(c(C(=O)On3c4ccccc4c4ccccc43)cc1C(=O)On1c3ccccc3c3ccccc31)Cc1cc(c(C(=O)On3c4ccccc4c4ccccc43)cc1C(=O)On1c3ccccc3c3ccccc31)C2. The highest BCUT2D eigenvalue weighted by Crippen LogP contribution is 2.41. The summed E-state index contributed by atoms with van der Waals surface area (Å²) in [6.07, 6.45) is -1.14. The molecule has 678 valence electrons. The van der Waals surface area contributed by atoms with Crippen molar-refractivity contribution < 1.29 is 72.2 Å². The topological polar surface area (TPSA) is 236 Å². The Morgan fingerprint density at radius 2 is 0.282 bits per heavy atom. The van der Waals surface area contributed by atoms with Gasteiger partial charge >= 0.3 is 41.8 Å². The second kappa shape index (κ2) is 33.2. The van der Waals surface area contributed by atoms with E-state index in [4.69, 9.17) is 33.9 Å². The van der Waals surface area contributed by atoms with E-state index in [1.165, 1.54) is 57.4 Å². The van der Waals surface area contributed by atoms with Gasteiger partial charge in [-0.15, -0.1) is 0 Å². The molecule has 1 aliphatic rings. The molecule has 1 aliphatic carbocycles. The lowest BCUT2D eigenvalue weighted by Crippen LogP contribution is -2.27. The number of nitrogens with zero attached hydrogens (tertiary/aromatic N) is 7. The van der Waals surface area contributed by atoms with E-state index >= 15 is 33.6 Å². The molecular weight excluding hydrogens is 1780 g/mol. The molecule has 18 aromatic carbocycles. The van der Waals surface area contributed by atoms with Crippen LogP contribution in [0.4, 0.5) is 0 Å². The second-order valence-electron chi connectivity index (χ2n) is 35.5. The summed E-state index contributed by atoms with van der Waals surface area (Å²) in [7, 11) is 0. The van der Waals surface area contributed by atoms with Gasteiger partial charge in [0.25, 0.3) is 0 Å². The Morgan fingerprint density at radius 1 is 0.162 bits per heavy atom. The number of aldehydes is 1. The summed E-state index contributed by atoms with van der Waals surface area (Å²) in [5, 5.41) is 10.5.